The van der Waals surface area contributed by atoms with Gasteiger partial charge >= 0.3 is 6.09 Å². The lowest BCUT2D eigenvalue weighted by Gasteiger charge is -2.18. The monoisotopic (exact) mass is 410 g/mol. The summed E-state index contributed by atoms with van der Waals surface area (Å²) in [4.78, 5) is 27.2. The van der Waals surface area contributed by atoms with Gasteiger partial charge < -0.3 is 16.2 Å². The zero-order valence-corrected chi connectivity index (χ0v) is 16.6. The number of hydrogen-bond donors (Lipinski definition) is 2. The standard InChI is InChI=1S/C18H18N8O2S/c1-25(18(27)28-2)13-14(19)22-16(23-15(13)20)12-11-6-3-7-21-17(11)26(24-12)9-10-5-4-8-29-10/h3-8H,9H2,1-2H3,(H4,19,20,22,23). The fraction of sp³-hybridized carbons (Fsp3) is 0.167. The van der Waals surface area contributed by atoms with Crippen LogP contribution < -0.4 is 16.4 Å². The second kappa shape index (κ2) is 7.36. The molecule has 148 valence electrons. The molecule has 0 bridgehead atoms. The van der Waals surface area contributed by atoms with Gasteiger partial charge in [-0.05, 0) is 23.6 Å². The van der Waals surface area contributed by atoms with Crippen LogP contribution in [-0.2, 0) is 11.3 Å². The first-order chi connectivity index (χ1) is 14.0. The van der Waals surface area contributed by atoms with Crippen molar-refractivity contribution in [3.8, 4) is 11.5 Å². The quantitative estimate of drug-likeness (QED) is 0.523. The van der Waals surface area contributed by atoms with E-state index in [1.165, 1.54) is 14.2 Å². The molecule has 0 atom stereocenters. The van der Waals surface area contributed by atoms with Gasteiger partial charge in [-0.1, -0.05) is 6.07 Å². The van der Waals surface area contributed by atoms with Crippen LogP contribution in [0.4, 0.5) is 22.1 Å². The maximum absolute atomic E-state index is 11.8. The van der Waals surface area contributed by atoms with E-state index in [1.807, 2.05) is 29.6 Å². The Bertz CT molecular complexity index is 1170. The summed E-state index contributed by atoms with van der Waals surface area (Å²) in [6, 6.07) is 7.72. The Morgan fingerprint density at radius 3 is 2.66 bits per heavy atom. The van der Waals surface area contributed by atoms with Gasteiger partial charge in [-0.15, -0.1) is 11.3 Å². The van der Waals surface area contributed by atoms with E-state index < -0.39 is 6.09 Å². The SMILES string of the molecule is COC(=O)N(C)c1c(N)nc(-c2nn(Cc3cccs3)c3ncccc23)nc1N. The molecular formula is C18H18N8O2S. The number of rotatable bonds is 4. The molecule has 29 heavy (non-hydrogen) atoms. The Kier molecular flexibility index (Phi) is 4.72. The molecule has 0 saturated heterocycles. The summed E-state index contributed by atoms with van der Waals surface area (Å²) in [5.41, 5.74) is 13.6. The first-order valence-corrected chi connectivity index (χ1v) is 9.46. The molecule has 0 saturated carbocycles. The van der Waals surface area contributed by atoms with Crippen molar-refractivity contribution < 1.29 is 9.53 Å². The number of carbonyl (C=O) groups excluding carboxylic acids is 1. The lowest BCUT2D eigenvalue weighted by Crippen LogP contribution is -2.28. The number of pyridine rings is 1. The van der Waals surface area contributed by atoms with Gasteiger partial charge in [-0.25, -0.2) is 24.4 Å². The maximum atomic E-state index is 11.8. The molecule has 4 aromatic heterocycles. The van der Waals surface area contributed by atoms with Crippen LogP contribution in [0.15, 0.2) is 35.8 Å². The van der Waals surface area contributed by atoms with Crippen molar-refractivity contribution in [1.29, 1.82) is 0 Å². The molecule has 10 nitrogen and oxygen atoms in total. The van der Waals surface area contributed by atoms with Gasteiger partial charge in [-0.2, -0.15) is 5.10 Å². The van der Waals surface area contributed by atoms with Crippen LogP contribution in [0, 0.1) is 0 Å². The van der Waals surface area contributed by atoms with Gasteiger partial charge in [0.05, 0.1) is 19.0 Å². The molecule has 11 heteroatoms. The molecular weight excluding hydrogens is 392 g/mol. The lowest BCUT2D eigenvalue weighted by atomic mass is 10.2. The smallest absolute Gasteiger partial charge is 0.413 e. The summed E-state index contributed by atoms with van der Waals surface area (Å²) in [7, 11) is 2.74. The summed E-state index contributed by atoms with van der Waals surface area (Å²) in [5, 5.41) is 7.45. The summed E-state index contributed by atoms with van der Waals surface area (Å²) in [6.07, 6.45) is 1.08. The highest BCUT2D eigenvalue weighted by Gasteiger charge is 2.23. The summed E-state index contributed by atoms with van der Waals surface area (Å²) in [6.45, 7) is 0.569. The molecule has 0 aromatic carbocycles. The zero-order valence-electron chi connectivity index (χ0n) is 15.7. The van der Waals surface area contributed by atoms with Gasteiger partial charge in [0.25, 0.3) is 0 Å². The number of fused-ring (bicyclic) bond motifs is 1. The number of nitrogens with two attached hydrogens (primary N) is 2. The average molecular weight is 410 g/mol. The highest BCUT2D eigenvalue weighted by atomic mass is 32.1. The van der Waals surface area contributed by atoms with Crippen molar-refractivity contribution in [2.75, 3.05) is 30.5 Å². The fourth-order valence-electron chi connectivity index (χ4n) is 3.00. The van der Waals surface area contributed by atoms with Crippen LogP contribution in [0.3, 0.4) is 0 Å². The van der Waals surface area contributed by atoms with Crippen LogP contribution in [-0.4, -0.2) is 45.0 Å². The lowest BCUT2D eigenvalue weighted by molar-refractivity contribution is 0.180. The molecule has 0 aliphatic carbocycles. The highest BCUT2D eigenvalue weighted by Crippen LogP contribution is 2.32. The zero-order chi connectivity index (χ0) is 20.5. The third kappa shape index (κ3) is 3.31. The number of nitrogen functional groups attached to an aromatic ring is 2. The molecule has 4 rings (SSSR count). The van der Waals surface area contributed by atoms with Crippen molar-refractivity contribution in [1.82, 2.24) is 24.7 Å². The molecule has 0 fully saturated rings. The number of thiophene rings is 1. The Balaban J connectivity index is 1.82. The van der Waals surface area contributed by atoms with Crippen molar-refractivity contribution >= 4 is 45.8 Å². The predicted octanol–water partition coefficient (Wildman–Crippen LogP) is 2.37. The topological polar surface area (TPSA) is 138 Å². The number of anilines is 3. The molecule has 0 radical (unpaired) electrons. The van der Waals surface area contributed by atoms with Gasteiger partial charge in [0.1, 0.15) is 11.4 Å². The second-order valence-corrected chi connectivity index (χ2v) is 7.19. The highest BCUT2D eigenvalue weighted by molar-refractivity contribution is 7.09. The van der Waals surface area contributed by atoms with Gasteiger partial charge in [-0.3, -0.25) is 4.90 Å². The third-order valence-corrected chi connectivity index (χ3v) is 5.19. The number of amides is 1. The van der Waals surface area contributed by atoms with Crippen molar-refractivity contribution in [3.63, 3.8) is 0 Å². The Hall–Kier alpha value is -3.73. The van der Waals surface area contributed by atoms with Crippen LogP contribution in [0.5, 0.6) is 0 Å². The van der Waals surface area contributed by atoms with Crippen LogP contribution in [0.2, 0.25) is 0 Å². The summed E-state index contributed by atoms with van der Waals surface area (Å²) >= 11 is 1.64. The number of methoxy groups -OCH3 is 1. The third-order valence-electron chi connectivity index (χ3n) is 4.33. The van der Waals surface area contributed by atoms with Gasteiger partial charge in [0, 0.05) is 18.1 Å². The van der Waals surface area contributed by atoms with E-state index in [0.29, 0.717) is 17.9 Å². The Morgan fingerprint density at radius 1 is 1.24 bits per heavy atom. The van der Waals surface area contributed by atoms with Gasteiger partial charge in [0.15, 0.2) is 23.1 Å². The van der Waals surface area contributed by atoms with Crippen molar-refractivity contribution in [2.45, 2.75) is 6.54 Å². The summed E-state index contributed by atoms with van der Waals surface area (Å²) in [5.74, 6) is 0.348. The largest absolute Gasteiger partial charge is 0.452 e. The molecule has 4 heterocycles. The number of nitrogens with zero attached hydrogens (tertiary/aromatic N) is 6. The second-order valence-electron chi connectivity index (χ2n) is 6.16. The minimum atomic E-state index is -0.630. The van der Waals surface area contributed by atoms with E-state index in [-0.39, 0.29) is 23.1 Å². The number of carbonyl (C=O) groups is 1. The predicted molar refractivity (Wildman–Crippen MR) is 112 cm³/mol. The molecule has 4 aromatic rings. The first kappa shape index (κ1) is 18.6. The molecule has 0 aliphatic heterocycles. The first-order valence-electron chi connectivity index (χ1n) is 8.58. The molecule has 0 spiro atoms. The number of hydrogen-bond acceptors (Lipinski definition) is 9. The van der Waals surface area contributed by atoms with E-state index in [1.54, 1.807) is 22.2 Å². The van der Waals surface area contributed by atoms with Crippen molar-refractivity contribution in [2.24, 2.45) is 0 Å². The van der Waals surface area contributed by atoms with Crippen LogP contribution in [0.25, 0.3) is 22.6 Å². The van der Waals surface area contributed by atoms with Gasteiger partial charge in [0.2, 0.25) is 0 Å². The number of aromatic nitrogens is 5. The molecule has 0 aliphatic rings. The maximum Gasteiger partial charge on any atom is 0.413 e. The van der Waals surface area contributed by atoms with E-state index in [2.05, 4.69) is 20.1 Å². The molecule has 4 N–H and O–H groups in total. The minimum Gasteiger partial charge on any atom is -0.452 e. The summed E-state index contributed by atoms with van der Waals surface area (Å²) < 4.78 is 6.49. The van der Waals surface area contributed by atoms with E-state index in [9.17, 15) is 4.79 Å². The van der Waals surface area contributed by atoms with E-state index in [4.69, 9.17) is 16.2 Å². The normalized spacial score (nSPS) is 11.0. The van der Waals surface area contributed by atoms with E-state index >= 15 is 0 Å². The van der Waals surface area contributed by atoms with E-state index in [0.717, 1.165) is 15.2 Å². The fourth-order valence-corrected chi connectivity index (χ4v) is 3.69. The minimum absolute atomic E-state index is 0.0465. The number of ether oxygens (including phenoxy) is 1. The average Bonchev–Trinajstić information content (AvgIpc) is 3.35. The van der Waals surface area contributed by atoms with Crippen LogP contribution >= 0.6 is 11.3 Å². The Labute approximate surface area is 169 Å². The molecule has 1 amide bonds. The van der Waals surface area contributed by atoms with Crippen molar-refractivity contribution in [3.05, 3.63) is 40.7 Å². The molecule has 0 unspecified atom stereocenters. The van der Waals surface area contributed by atoms with Crippen LogP contribution in [0.1, 0.15) is 4.88 Å². The Morgan fingerprint density at radius 2 is 2.00 bits per heavy atom.